The Morgan fingerprint density at radius 1 is 1.03 bits per heavy atom. The molecule has 2 aliphatic rings. The number of piperidine rings is 1. The Morgan fingerprint density at radius 3 is 2.37 bits per heavy atom. The molecule has 0 bridgehead atoms. The zero-order valence-corrected chi connectivity index (χ0v) is 22.1. The molecular formula is C27H35FN4O2S. The van der Waals surface area contributed by atoms with Crippen molar-refractivity contribution < 1.29 is 13.4 Å². The fraction of sp³-hybridized carbons (Fsp3) is 0.481. The molecular weight excluding hydrogens is 463 g/mol. The number of fused-ring (bicyclic) bond motifs is 1. The first kappa shape index (κ1) is 25.4. The van der Waals surface area contributed by atoms with E-state index in [1.165, 1.54) is 18.9 Å². The predicted octanol–water partition coefficient (Wildman–Crippen LogP) is 5.00. The van der Waals surface area contributed by atoms with Gasteiger partial charge in [0.25, 0.3) is 5.91 Å². The van der Waals surface area contributed by atoms with Crippen LogP contribution in [0.5, 0.6) is 0 Å². The number of rotatable bonds is 3. The average molecular weight is 499 g/mol. The van der Waals surface area contributed by atoms with E-state index in [4.69, 9.17) is 10.1 Å². The third kappa shape index (κ3) is 5.92. The fourth-order valence-electron chi connectivity index (χ4n) is 4.57. The van der Waals surface area contributed by atoms with Crippen LogP contribution in [0.2, 0.25) is 0 Å². The molecule has 1 amide bonds. The largest absolute Gasteiger partial charge is 0.330 e. The second-order valence-electron chi connectivity index (χ2n) is 10.3. The van der Waals surface area contributed by atoms with Gasteiger partial charge in [0.05, 0.1) is 11.7 Å². The Balaban J connectivity index is 0.000000527. The topological polar surface area (TPSA) is 67.6 Å². The Hall–Kier alpha value is -2.74. The lowest BCUT2D eigenvalue weighted by Crippen LogP contribution is -2.39. The van der Waals surface area contributed by atoms with E-state index in [-0.39, 0.29) is 17.8 Å². The molecule has 1 atom stereocenters. The van der Waals surface area contributed by atoms with Crippen LogP contribution in [0.15, 0.2) is 24.3 Å². The number of carbonyl (C=O) groups is 1. The summed E-state index contributed by atoms with van der Waals surface area (Å²) in [7, 11) is -1.67. The van der Waals surface area contributed by atoms with Gasteiger partial charge in [-0.15, -0.1) is 0 Å². The number of aryl methyl sites for hydroxylation is 3. The molecule has 1 saturated heterocycles. The van der Waals surface area contributed by atoms with Crippen LogP contribution in [0.4, 0.5) is 4.39 Å². The average Bonchev–Trinajstić information content (AvgIpc) is 3.53. The Bertz CT molecular complexity index is 1370. The Labute approximate surface area is 207 Å². The summed E-state index contributed by atoms with van der Waals surface area (Å²) in [5.74, 6) is 3.57. The first-order chi connectivity index (χ1) is 16.4. The molecule has 35 heavy (non-hydrogen) atoms. The SMILES string of the molecule is C=S(C)(C)=O.Cc1cc(C(=O)N2CCCC[C@H]2c2cc3nc(C4CC4)cc(C)n3n2)c(C)cc1F. The number of likely N-dealkylation sites (tertiary alicyclic amines) is 1. The van der Waals surface area contributed by atoms with Gasteiger partial charge in [-0.1, -0.05) is 0 Å². The van der Waals surface area contributed by atoms with Crippen LogP contribution in [0.1, 0.15) is 82.6 Å². The Kier molecular flexibility index (Phi) is 7.04. The molecule has 8 heteroatoms. The van der Waals surface area contributed by atoms with Crippen LogP contribution >= 0.6 is 0 Å². The van der Waals surface area contributed by atoms with Gasteiger partial charge in [0.2, 0.25) is 0 Å². The van der Waals surface area contributed by atoms with Crippen LogP contribution in [0.3, 0.4) is 0 Å². The number of halogens is 1. The fourth-order valence-corrected chi connectivity index (χ4v) is 4.57. The first-order valence-corrected chi connectivity index (χ1v) is 14.7. The number of aromatic nitrogens is 3. The summed E-state index contributed by atoms with van der Waals surface area (Å²) < 4.78 is 25.9. The lowest BCUT2D eigenvalue weighted by Gasteiger charge is -2.35. The number of nitrogens with zero attached hydrogens (tertiary/aromatic N) is 4. The summed E-state index contributed by atoms with van der Waals surface area (Å²) in [5.41, 5.74) is 5.73. The maximum Gasteiger partial charge on any atom is 0.254 e. The van der Waals surface area contributed by atoms with Crippen molar-refractivity contribution in [2.24, 2.45) is 0 Å². The van der Waals surface area contributed by atoms with Crippen molar-refractivity contribution >= 4 is 26.9 Å². The lowest BCUT2D eigenvalue weighted by atomic mass is 9.96. The van der Waals surface area contributed by atoms with Crippen molar-refractivity contribution in [3.63, 3.8) is 0 Å². The molecule has 0 spiro atoms. The van der Waals surface area contributed by atoms with Crippen LogP contribution in [-0.2, 0) is 9.52 Å². The van der Waals surface area contributed by atoms with Crippen molar-refractivity contribution in [2.75, 3.05) is 19.1 Å². The van der Waals surface area contributed by atoms with Crippen molar-refractivity contribution in [3.8, 4) is 0 Å². The van der Waals surface area contributed by atoms with Gasteiger partial charge in [0.1, 0.15) is 5.82 Å². The highest BCUT2D eigenvalue weighted by Crippen LogP contribution is 2.40. The molecule has 5 rings (SSSR count). The van der Waals surface area contributed by atoms with Crippen LogP contribution in [-0.4, -0.2) is 54.5 Å². The minimum absolute atomic E-state index is 0.0410. The second-order valence-corrected chi connectivity index (χ2v) is 13.2. The summed E-state index contributed by atoms with van der Waals surface area (Å²) in [6, 6.07) is 7.23. The molecule has 3 aromatic rings. The maximum absolute atomic E-state index is 13.9. The molecule has 0 radical (unpaired) electrons. The van der Waals surface area contributed by atoms with Gasteiger partial charge in [-0.25, -0.2) is 13.9 Å². The van der Waals surface area contributed by atoms with E-state index < -0.39 is 9.52 Å². The second kappa shape index (κ2) is 9.72. The molecule has 3 heterocycles. The smallest absolute Gasteiger partial charge is 0.254 e. The van der Waals surface area contributed by atoms with Crippen molar-refractivity contribution in [3.05, 3.63) is 63.9 Å². The van der Waals surface area contributed by atoms with Crippen LogP contribution in [0, 0.1) is 26.6 Å². The summed E-state index contributed by atoms with van der Waals surface area (Å²) in [4.78, 5) is 20.2. The van der Waals surface area contributed by atoms with E-state index in [1.54, 1.807) is 32.4 Å². The van der Waals surface area contributed by atoms with Crippen molar-refractivity contribution in [1.82, 2.24) is 19.5 Å². The highest BCUT2D eigenvalue weighted by molar-refractivity contribution is 7.98. The van der Waals surface area contributed by atoms with E-state index in [0.29, 0.717) is 29.2 Å². The standard InChI is InChI=1S/C24H27FN4O.C3H8OS/c1-14-11-19(25)15(2)10-18(14)24(30)28-9-5-4-6-22(28)21-13-23-26-20(17-7-8-17)12-16(3)29(23)27-21;1-5(2,3)4/h10-13,17,22H,4-9H2,1-3H3;1H2,2-3H3/t22-;/m0./s1. The molecule has 2 aromatic heterocycles. The zero-order valence-electron chi connectivity index (χ0n) is 21.3. The van der Waals surface area contributed by atoms with E-state index in [0.717, 1.165) is 42.0 Å². The van der Waals surface area contributed by atoms with Gasteiger partial charge in [-0.05, 0) is 97.6 Å². The van der Waals surface area contributed by atoms with Crippen LogP contribution in [0.25, 0.3) is 5.65 Å². The highest BCUT2D eigenvalue weighted by atomic mass is 32.2. The normalized spacial score (nSPS) is 18.3. The lowest BCUT2D eigenvalue weighted by molar-refractivity contribution is 0.0604. The summed E-state index contributed by atoms with van der Waals surface area (Å²) in [6.45, 7) is 6.25. The number of carbonyl (C=O) groups excluding carboxylic acids is 1. The number of hydrogen-bond acceptors (Lipinski definition) is 4. The van der Waals surface area contributed by atoms with Gasteiger partial charge in [0, 0.05) is 48.0 Å². The van der Waals surface area contributed by atoms with E-state index in [1.807, 2.05) is 15.5 Å². The third-order valence-electron chi connectivity index (χ3n) is 6.48. The van der Waals surface area contributed by atoms with Gasteiger partial charge in [0.15, 0.2) is 5.65 Å². The predicted molar refractivity (Wildman–Crippen MR) is 140 cm³/mol. The number of amides is 1. The molecule has 1 saturated carbocycles. The molecule has 6 nitrogen and oxygen atoms in total. The third-order valence-corrected chi connectivity index (χ3v) is 6.48. The molecule has 1 aromatic carbocycles. The highest BCUT2D eigenvalue weighted by Gasteiger charge is 2.32. The minimum atomic E-state index is -1.67. The van der Waals surface area contributed by atoms with Gasteiger partial charge >= 0.3 is 0 Å². The van der Waals surface area contributed by atoms with E-state index >= 15 is 0 Å². The quantitative estimate of drug-likeness (QED) is 0.477. The summed E-state index contributed by atoms with van der Waals surface area (Å²) in [5, 5.41) is 4.84. The number of hydrogen-bond donors (Lipinski definition) is 0. The monoisotopic (exact) mass is 498 g/mol. The van der Waals surface area contributed by atoms with Crippen molar-refractivity contribution in [1.29, 1.82) is 0 Å². The molecule has 188 valence electrons. The van der Waals surface area contributed by atoms with Gasteiger partial charge in [-0.3, -0.25) is 9.00 Å². The molecule has 0 N–H and O–H groups in total. The van der Waals surface area contributed by atoms with E-state index in [2.05, 4.69) is 18.9 Å². The molecule has 1 aliphatic carbocycles. The Morgan fingerprint density at radius 2 is 1.71 bits per heavy atom. The molecule has 2 fully saturated rings. The van der Waals surface area contributed by atoms with Crippen molar-refractivity contribution in [2.45, 2.75) is 64.8 Å². The maximum atomic E-state index is 13.9. The summed E-state index contributed by atoms with van der Waals surface area (Å²) in [6.07, 6.45) is 8.54. The van der Waals surface area contributed by atoms with Gasteiger partial charge in [-0.2, -0.15) is 5.10 Å². The molecule has 1 aliphatic heterocycles. The number of benzene rings is 1. The molecule has 0 unspecified atom stereocenters. The van der Waals surface area contributed by atoms with Crippen LogP contribution < -0.4 is 0 Å². The summed E-state index contributed by atoms with van der Waals surface area (Å²) >= 11 is 0. The minimum Gasteiger partial charge on any atom is -0.330 e. The van der Waals surface area contributed by atoms with Gasteiger partial charge < -0.3 is 4.90 Å². The van der Waals surface area contributed by atoms with E-state index in [9.17, 15) is 13.4 Å². The zero-order chi connectivity index (χ0) is 25.5. The first-order valence-electron chi connectivity index (χ1n) is 12.1.